The first-order valence-corrected chi connectivity index (χ1v) is 9.35. The van der Waals surface area contributed by atoms with Crippen LogP contribution in [0.15, 0.2) is 35.1 Å². The van der Waals surface area contributed by atoms with Crippen molar-refractivity contribution in [2.45, 2.75) is 46.2 Å². The monoisotopic (exact) mass is 358 g/mol. The van der Waals surface area contributed by atoms with Crippen LogP contribution in [0.2, 0.25) is 0 Å². The molecule has 1 atom stereocenters. The highest BCUT2D eigenvalue weighted by Gasteiger charge is 2.31. The van der Waals surface area contributed by atoms with E-state index in [0.717, 1.165) is 31.6 Å². The Hall–Kier alpha value is -2.14. The molecular formula is C21H27FN2O2. The standard InChI is InChI=1S/C21H27FN2O2/c1-4-24-15(3)12-18(25)19(21(24)26)20(16-6-5-7-17(22)13-16)23-10-8-14(2)9-11-23/h5-7,12-14,20,25H,4,8-11H2,1-3H3/t20-/m0/s1. The first kappa shape index (κ1) is 18.6. The van der Waals surface area contributed by atoms with E-state index in [0.29, 0.717) is 23.6 Å². The SMILES string of the molecule is CCn1c(C)cc(O)c([C@H](c2cccc(F)c2)N2CCC(C)CC2)c1=O. The number of hydrogen-bond donors (Lipinski definition) is 1. The van der Waals surface area contributed by atoms with Crippen molar-refractivity contribution in [3.63, 3.8) is 0 Å². The fourth-order valence-corrected chi connectivity index (χ4v) is 3.94. The van der Waals surface area contributed by atoms with Crippen LogP contribution in [0.5, 0.6) is 5.75 Å². The number of aryl methyl sites for hydroxylation is 1. The average molecular weight is 358 g/mol. The molecule has 26 heavy (non-hydrogen) atoms. The van der Waals surface area contributed by atoms with E-state index in [1.165, 1.54) is 12.1 Å². The first-order chi connectivity index (χ1) is 12.4. The number of benzene rings is 1. The van der Waals surface area contributed by atoms with Gasteiger partial charge in [-0.2, -0.15) is 0 Å². The van der Waals surface area contributed by atoms with E-state index < -0.39 is 6.04 Å². The minimum atomic E-state index is -0.441. The number of halogens is 1. The van der Waals surface area contributed by atoms with Crippen LogP contribution in [0.1, 0.15) is 49.6 Å². The fraction of sp³-hybridized carbons (Fsp3) is 0.476. The van der Waals surface area contributed by atoms with E-state index in [4.69, 9.17) is 0 Å². The highest BCUT2D eigenvalue weighted by Crippen LogP contribution is 2.35. The number of pyridine rings is 1. The summed E-state index contributed by atoms with van der Waals surface area (Å²) in [4.78, 5) is 15.3. The molecule has 0 amide bonds. The molecule has 0 spiro atoms. The van der Waals surface area contributed by atoms with Gasteiger partial charge in [0.05, 0.1) is 11.6 Å². The molecular weight excluding hydrogens is 331 g/mol. The molecule has 1 aliphatic heterocycles. The molecule has 140 valence electrons. The number of nitrogens with zero attached hydrogens (tertiary/aromatic N) is 2. The number of likely N-dealkylation sites (tertiary alicyclic amines) is 1. The maximum atomic E-state index is 13.9. The zero-order valence-electron chi connectivity index (χ0n) is 15.7. The highest BCUT2D eigenvalue weighted by molar-refractivity contribution is 5.41. The molecule has 2 aromatic rings. The van der Waals surface area contributed by atoms with Crippen molar-refractivity contribution < 1.29 is 9.50 Å². The lowest BCUT2D eigenvalue weighted by molar-refractivity contribution is 0.154. The number of rotatable bonds is 4. The summed E-state index contributed by atoms with van der Waals surface area (Å²) in [6, 6.07) is 7.56. The van der Waals surface area contributed by atoms with Crippen molar-refractivity contribution in [2.75, 3.05) is 13.1 Å². The van der Waals surface area contributed by atoms with E-state index in [2.05, 4.69) is 11.8 Å². The summed E-state index contributed by atoms with van der Waals surface area (Å²) in [5.41, 5.74) is 1.58. The summed E-state index contributed by atoms with van der Waals surface area (Å²) >= 11 is 0. The molecule has 5 heteroatoms. The molecule has 1 aromatic heterocycles. The quantitative estimate of drug-likeness (QED) is 0.903. The third-order valence-electron chi connectivity index (χ3n) is 5.46. The van der Waals surface area contributed by atoms with Gasteiger partial charge in [0, 0.05) is 12.2 Å². The Bertz CT molecular complexity index is 838. The van der Waals surface area contributed by atoms with E-state index in [9.17, 15) is 14.3 Å². The molecule has 0 radical (unpaired) electrons. The Morgan fingerprint density at radius 1 is 1.27 bits per heavy atom. The minimum absolute atomic E-state index is 0.00918. The molecule has 1 N–H and O–H groups in total. The Morgan fingerprint density at radius 3 is 2.58 bits per heavy atom. The van der Waals surface area contributed by atoms with Gasteiger partial charge in [-0.3, -0.25) is 9.69 Å². The number of hydrogen-bond acceptors (Lipinski definition) is 3. The zero-order chi connectivity index (χ0) is 18.8. The lowest BCUT2D eigenvalue weighted by Gasteiger charge is -2.37. The topological polar surface area (TPSA) is 45.5 Å². The number of piperidine rings is 1. The van der Waals surface area contributed by atoms with Crippen LogP contribution < -0.4 is 5.56 Å². The molecule has 0 saturated carbocycles. The number of aromatic nitrogens is 1. The van der Waals surface area contributed by atoms with Gasteiger partial charge >= 0.3 is 0 Å². The summed E-state index contributed by atoms with van der Waals surface area (Å²) in [6.07, 6.45) is 2.06. The second-order valence-corrected chi connectivity index (χ2v) is 7.31. The van der Waals surface area contributed by atoms with Crippen molar-refractivity contribution in [3.05, 3.63) is 63.3 Å². The van der Waals surface area contributed by atoms with Gasteiger partial charge in [0.1, 0.15) is 11.6 Å². The van der Waals surface area contributed by atoms with Gasteiger partial charge < -0.3 is 9.67 Å². The molecule has 1 saturated heterocycles. The Morgan fingerprint density at radius 2 is 1.96 bits per heavy atom. The molecule has 3 rings (SSSR count). The van der Waals surface area contributed by atoms with Crippen LogP contribution in [-0.4, -0.2) is 27.7 Å². The Kier molecular flexibility index (Phi) is 5.47. The van der Waals surface area contributed by atoms with Gasteiger partial charge in [-0.1, -0.05) is 19.1 Å². The van der Waals surface area contributed by atoms with Crippen LogP contribution in [0.3, 0.4) is 0 Å². The lowest BCUT2D eigenvalue weighted by Crippen LogP contribution is -2.40. The molecule has 0 aliphatic carbocycles. The molecule has 1 aliphatic rings. The molecule has 1 aromatic carbocycles. The second-order valence-electron chi connectivity index (χ2n) is 7.31. The van der Waals surface area contributed by atoms with E-state index in [-0.39, 0.29) is 17.1 Å². The number of aromatic hydroxyl groups is 1. The fourth-order valence-electron chi connectivity index (χ4n) is 3.94. The highest BCUT2D eigenvalue weighted by atomic mass is 19.1. The van der Waals surface area contributed by atoms with Gasteiger partial charge in [0.2, 0.25) is 0 Å². The minimum Gasteiger partial charge on any atom is -0.507 e. The van der Waals surface area contributed by atoms with Gasteiger partial charge in [-0.15, -0.1) is 0 Å². The van der Waals surface area contributed by atoms with Crippen molar-refractivity contribution in [1.29, 1.82) is 0 Å². The molecule has 4 nitrogen and oxygen atoms in total. The summed E-state index contributed by atoms with van der Waals surface area (Å²) in [6.45, 7) is 8.12. The summed E-state index contributed by atoms with van der Waals surface area (Å²) in [5.74, 6) is 0.295. The van der Waals surface area contributed by atoms with Gasteiger partial charge in [-0.25, -0.2) is 4.39 Å². The predicted octanol–water partition coefficient (Wildman–Crippen LogP) is 3.84. The van der Waals surface area contributed by atoms with Crippen LogP contribution in [0.4, 0.5) is 4.39 Å². The van der Waals surface area contributed by atoms with Crippen LogP contribution in [0.25, 0.3) is 0 Å². The van der Waals surface area contributed by atoms with Crippen molar-refractivity contribution >= 4 is 0 Å². The van der Waals surface area contributed by atoms with Crippen molar-refractivity contribution in [2.24, 2.45) is 5.92 Å². The van der Waals surface area contributed by atoms with Gasteiger partial charge in [0.15, 0.2) is 0 Å². The van der Waals surface area contributed by atoms with Crippen LogP contribution in [-0.2, 0) is 6.54 Å². The van der Waals surface area contributed by atoms with Crippen molar-refractivity contribution in [1.82, 2.24) is 9.47 Å². The normalized spacial score (nSPS) is 17.4. The summed E-state index contributed by atoms with van der Waals surface area (Å²) in [7, 11) is 0. The van der Waals surface area contributed by atoms with E-state index in [1.807, 2.05) is 19.9 Å². The maximum Gasteiger partial charge on any atom is 0.259 e. The Labute approximate surface area is 153 Å². The molecule has 0 unspecified atom stereocenters. The third-order valence-corrected chi connectivity index (χ3v) is 5.46. The van der Waals surface area contributed by atoms with Crippen LogP contribution in [0, 0.1) is 18.7 Å². The smallest absolute Gasteiger partial charge is 0.259 e. The lowest BCUT2D eigenvalue weighted by atomic mass is 9.92. The predicted molar refractivity (Wildman–Crippen MR) is 101 cm³/mol. The summed E-state index contributed by atoms with van der Waals surface area (Å²) in [5, 5.41) is 10.6. The second kappa shape index (κ2) is 7.62. The van der Waals surface area contributed by atoms with Crippen molar-refractivity contribution in [3.8, 4) is 5.75 Å². The zero-order valence-corrected chi connectivity index (χ0v) is 15.7. The van der Waals surface area contributed by atoms with Gasteiger partial charge in [0.25, 0.3) is 5.56 Å². The van der Waals surface area contributed by atoms with E-state index >= 15 is 0 Å². The molecule has 1 fully saturated rings. The average Bonchev–Trinajstić information content (AvgIpc) is 2.60. The maximum absolute atomic E-state index is 13.9. The first-order valence-electron chi connectivity index (χ1n) is 9.35. The largest absolute Gasteiger partial charge is 0.507 e. The molecule has 2 heterocycles. The third kappa shape index (κ3) is 3.54. The van der Waals surface area contributed by atoms with Gasteiger partial charge in [-0.05, 0) is 69.5 Å². The van der Waals surface area contributed by atoms with Crippen LogP contribution >= 0.6 is 0 Å². The Balaban J connectivity index is 2.17. The molecule has 0 bridgehead atoms. The summed E-state index contributed by atoms with van der Waals surface area (Å²) < 4.78 is 15.6. The van der Waals surface area contributed by atoms with E-state index in [1.54, 1.807) is 16.7 Å².